The zero-order chi connectivity index (χ0) is 18.7. The van der Waals surface area contributed by atoms with Crippen LogP contribution in [0.4, 0.5) is 0 Å². The van der Waals surface area contributed by atoms with Gasteiger partial charge in [0.05, 0.1) is 17.8 Å². The van der Waals surface area contributed by atoms with Crippen LogP contribution in [0, 0.1) is 18.8 Å². The Labute approximate surface area is 154 Å². The summed E-state index contributed by atoms with van der Waals surface area (Å²) in [7, 11) is 0. The monoisotopic (exact) mass is 354 g/mol. The number of carbonyl (C=O) groups is 2. The molecule has 1 fully saturated rings. The highest BCUT2D eigenvalue weighted by atomic mass is 16.2. The third-order valence-electron chi connectivity index (χ3n) is 4.54. The standard InChI is InChI=1S/C20H26N4O2/c1-14(2)11-23-13-17(8-19(23)25)20(26)21-9-16-10-22-24(12-16)18-6-4-5-15(3)7-18/h4-7,10,12,14,17H,8-9,11,13H2,1-3H3,(H,21,26)/t17-/m1/s1. The summed E-state index contributed by atoms with van der Waals surface area (Å²) >= 11 is 0. The van der Waals surface area contributed by atoms with E-state index >= 15 is 0 Å². The van der Waals surface area contributed by atoms with Gasteiger partial charge in [0.25, 0.3) is 0 Å². The fraction of sp³-hybridized carbons (Fsp3) is 0.450. The van der Waals surface area contributed by atoms with Crippen molar-refractivity contribution in [3.8, 4) is 5.69 Å². The largest absolute Gasteiger partial charge is 0.352 e. The highest BCUT2D eigenvalue weighted by molar-refractivity contribution is 5.89. The van der Waals surface area contributed by atoms with E-state index in [1.807, 2.05) is 31.3 Å². The minimum atomic E-state index is -0.256. The number of carbonyl (C=O) groups excluding carboxylic acids is 2. The molecule has 1 aromatic heterocycles. The topological polar surface area (TPSA) is 67.2 Å². The van der Waals surface area contributed by atoms with E-state index in [1.54, 1.807) is 15.8 Å². The number of rotatable bonds is 6. The third-order valence-corrected chi connectivity index (χ3v) is 4.54. The van der Waals surface area contributed by atoms with Gasteiger partial charge in [0, 0.05) is 37.8 Å². The van der Waals surface area contributed by atoms with E-state index in [-0.39, 0.29) is 17.7 Å². The maximum Gasteiger partial charge on any atom is 0.225 e. The molecular weight excluding hydrogens is 328 g/mol. The van der Waals surface area contributed by atoms with Crippen molar-refractivity contribution in [1.29, 1.82) is 0 Å². The molecule has 1 N–H and O–H groups in total. The maximum absolute atomic E-state index is 12.4. The van der Waals surface area contributed by atoms with Crippen LogP contribution in [-0.2, 0) is 16.1 Å². The molecule has 0 aliphatic carbocycles. The van der Waals surface area contributed by atoms with E-state index in [9.17, 15) is 9.59 Å². The number of hydrogen-bond donors (Lipinski definition) is 1. The van der Waals surface area contributed by atoms with Crippen LogP contribution < -0.4 is 5.32 Å². The van der Waals surface area contributed by atoms with Gasteiger partial charge in [-0.2, -0.15) is 5.10 Å². The van der Waals surface area contributed by atoms with Gasteiger partial charge in [-0.1, -0.05) is 26.0 Å². The molecule has 1 aliphatic rings. The second-order valence-electron chi connectivity index (χ2n) is 7.44. The van der Waals surface area contributed by atoms with Crippen LogP contribution in [0.5, 0.6) is 0 Å². The molecule has 2 heterocycles. The summed E-state index contributed by atoms with van der Waals surface area (Å²) in [6.07, 6.45) is 3.98. The predicted octanol–water partition coefficient (Wildman–Crippen LogP) is 2.30. The van der Waals surface area contributed by atoms with Crippen molar-refractivity contribution in [2.45, 2.75) is 33.7 Å². The first-order valence-electron chi connectivity index (χ1n) is 9.08. The van der Waals surface area contributed by atoms with Crippen LogP contribution in [0.25, 0.3) is 5.69 Å². The second kappa shape index (κ2) is 7.72. The first-order valence-corrected chi connectivity index (χ1v) is 9.08. The van der Waals surface area contributed by atoms with Crippen molar-refractivity contribution in [3.05, 3.63) is 47.8 Å². The Bertz CT molecular complexity index is 797. The molecule has 1 saturated heterocycles. The molecule has 1 atom stereocenters. The minimum Gasteiger partial charge on any atom is -0.352 e. The van der Waals surface area contributed by atoms with Crippen molar-refractivity contribution in [3.63, 3.8) is 0 Å². The molecule has 6 heteroatoms. The van der Waals surface area contributed by atoms with Gasteiger partial charge in [-0.3, -0.25) is 9.59 Å². The van der Waals surface area contributed by atoms with Crippen LogP contribution in [0.2, 0.25) is 0 Å². The number of likely N-dealkylation sites (tertiary alicyclic amines) is 1. The quantitative estimate of drug-likeness (QED) is 0.865. The van der Waals surface area contributed by atoms with Crippen LogP contribution in [0.3, 0.4) is 0 Å². The highest BCUT2D eigenvalue weighted by Gasteiger charge is 2.34. The normalized spacial score (nSPS) is 17.2. The van der Waals surface area contributed by atoms with Gasteiger partial charge in [0.2, 0.25) is 11.8 Å². The van der Waals surface area contributed by atoms with E-state index < -0.39 is 0 Å². The number of hydrogen-bond acceptors (Lipinski definition) is 3. The summed E-state index contributed by atoms with van der Waals surface area (Å²) in [6.45, 7) is 7.84. The molecule has 3 rings (SSSR count). The molecule has 2 amide bonds. The van der Waals surface area contributed by atoms with Crippen molar-refractivity contribution in [2.75, 3.05) is 13.1 Å². The van der Waals surface area contributed by atoms with Crippen molar-refractivity contribution in [1.82, 2.24) is 20.0 Å². The zero-order valence-corrected chi connectivity index (χ0v) is 15.6. The zero-order valence-electron chi connectivity index (χ0n) is 15.6. The number of aromatic nitrogens is 2. The fourth-order valence-corrected chi connectivity index (χ4v) is 3.26. The Balaban J connectivity index is 1.55. The third kappa shape index (κ3) is 4.31. The lowest BCUT2D eigenvalue weighted by molar-refractivity contribution is -0.129. The van der Waals surface area contributed by atoms with Gasteiger partial charge < -0.3 is 10.2 Å². The SMILES string of the molecule is Cc1cccc(-n2cc(CNC(=O)[C@@H]3CC(=O)N(CC(C)C)C3)cn2)c1. The molecule has 6 nitrogen and oxygen atoms in total. The Hall–Kier alpha value is -2.63. The summed E-state index contributed by atoms with van der Waals surface area (Å²) in [5.41, 5.74) is 3.10. The average molecular weight is 354 g/mol. The average Bonchev–Trinajstić information content (AvgIpc) is 3.20. The molecule has 1 aliphatic heterocycles. The molecule has 0 saturated carbocycles. The number of nitrogens with one attached hydrogen (secondary N) is 1. The summed E-state index contributed by atoms with van der Waals surface area (Å²) in [4.78, 5) is 26.2. The number of aryl methyl sites for hydroxylation is 1. The van der Waals surface area contributed by atoms with Gasteiger partial charge in [-0.05, 0) is 30.5 Å². The lowest BCUT2D eigenvalue weighted by Crippen LogP contribution is -2.33. The maximum atomic E-state index is 12.4. The highest BCUT2D eigenvalue weighted by Crippen LogP contribution is 2.19. The summed E-state index contributed by atoms with van der Waals surface area (Å²) in [5.74, 6) is 0.167. The van der Waals surface area contributed by atoms with E-state index in [4.69, 9.17) is 0 Å². The van der Waals surface area contributed by atoms with E-state index in [1.165, 1.54) is 5.56 Å². The predicted molar refractivity (Wildman–Crippen MR) is 99.7 cm³/mol. The van der Waals surface area contributed by atoms with Gasteiger partial charge in [0.1, 0.15) is 0 Å². The van der Waals surface area contributed by atoms with Gasteiger partial charge in [-0.25, -0.2) is 4.68 Å². The smallest absolute Gasteiger partial charge is 0.225 e. The van der Waals surface area contributed by atoms with Gasteiger partial charge in [-0.15, -0.1) is 0 Å². The van der Waals surface area contributed by atoms with Gasteiger partial charge >= 0.3 is 0 Å². The lowest BCUT2D eigenvalue weighted by Gasteiger charge is -2.18. The van der Waals surface area contributed by atoms with E-state index in [2.05, 4.69) is 30.3 Å². The van der Waals surface area contributed by atoms with Crippen molar-refractivity contribution in [2.24, 2.45) is 11.8 Å². The fourth-order valence-electron chi connectivity index (χ4n) is 3.26. The number of amides is 2. The number of benzene rings is 1. The molecule has 2 aromatic rings. The summed E-state index contributed by atoms with van der Waals surface area (Å²) in [5, 5.41) is 7.30. The van der Waals surface area contributed by atoms with E-state index in [0.29, 0.717) is 32.0 Å². The molecule has 0 unspecified atom stereocenters. The molecular formula is C20H26N4O2. The Morgan fingerprint density at radius 2 is 2.19 bits per heavy atom. The summed E-state index contributed by atoms with van der Waals surface area (Å²) < 4.78 is 1.80. The molecule has 1 aromatic carbocycles. The number of nitrogens with zero attached hydrogens (tertiary/aromatic N) is 3. The lowest BCUT2D eigenvalue weighted by atomic mass is 10.1. The van der Waals surface area contributed by atoms with Crippen LogP contribution in [0.1, 0.15) is 31.4 Å². The summed E-state index contributed by atoms with van der Waals surface area (Å²) in [6, 6.07) is 8.09. The Morgan fingerprint density at radius 1 is 1.38 bits per heavy atom. The van der Waals surface area contributed by atoms with E-state index in [0.717, 1.165) is 11.3 Å². The Morgan fingerprint density at radius 3 is 2.92 bits per heavy atom. The van der Waals surface area contributed by atoms with Crippen LogP contribution in [-0.4, -0.2) is 39.6 Å². The van der Waals surface area contributed by atoms with Crippen molar-refractivity contribution < 1.29 is 9.59 Å². The van der Waals surface area contributed by atoms with Crippen molar-refractivity contribution >= 4 is 11.8 Å². The Kier molecular flexibility index (Phi) is 5.40. The van der Waals surface area contributed by atoms with Gasteiger partial charge in [0.15, 0.2) is 0 Å². The minimum absolute atomic E-state index is 0.0621. The molecule has 26 heavy (non-hydrogen) atoms. The molecule has 0 spiro atoms. The molecule has 138 valence electrons. The first kappa shape index (κ1) is 18.2. The van der Waals surface area contributed by atoms with Crippen LogP contribution >= 0.6 is 0 Å². The molecule has 0 bridgehead atoms. The second-order valence-corrected chi connectivity index (χ2v) is 7.44. The first-order chi connectivity index (χ1) is 12.4. The molecule has 0 radical (unpaired) electrons. The van der Waals surface area contributed by atoms with Crippen LogP contribution in [0.15, 0.2) is 36.7 Å².